The fourth-order valence-corrected chi connectivity index (χ4v) is 0.316. The highest BCUT2D eigenvalue weighted by Gasteiger charge is 1.96. The zero-order chi connectivity index (χ0) is 7.11. The van der Waals surface area contributed by atoms with E-state index in [0.717, 1.165) is 0 Å². The van der Waals surface area contributed by atoms with Crippen molar-refractivity contribution in [2.45, 2.75) is 6.42 Å². The molecule has 0 aliphatic carbocycles. The first-order chi connectivity index (χ1) is 4.27. The molecule has 2 radical (unpaired) electrons. The van der Waals surface area contributed by atoms with Crippen LogP contribution < -0.4 is 0 Å². The van der Waals surface area contributed by atoms with Crippen LogP contribution in [0.25, 0.3) is 0 Å². The first-order valence-corrected chi connectivity index (χ1v) is 2.48. The Balaban J connectivity index is 2.83. The minimum Gasteiger partial charge on any atom is -0.432 e. The Labute approximate surface area is 53.4 Å². The van der Waals surface area contributed by atoms with Crippen LogP contribution in [0.5, 0.6) is 0 Å². The number of carbonyl (C=O) groups excluding carboxylic acids is 1. The largest absolute Gasteiger partial charge is 0.549 e. The van der Waals surface area contributed by atoms with Crippen molar-refractivity contribution in [1.82, 2.24) is 0 Å². The zero-order valence-corrected chi connectivity index (χ0v) is 4.96. The number of hydrogen-bond acceptors (Lipinski definition) is 3. The minimum absolute atomic E-state index is 0.109. The van der Waals surface area contributed by atoms with E-state index in [-0.39, 0.29) is 6.61 Å². The standard InChI is InChI=1S/C5H8O4/c1-8-3-2-4-9-5(6)7/h1-4H2. The normalized spacial score (nSPS) is 9.00. The van der Waals surface area contributed by atoms with Crippen molar-refractivity contribution in [2.75, 3.05) is 13.2 Å². The van der Waals surface area contributed by atoms with Crippen molar-refractivity contribution in [3.63, 3.8) is 0 Å². The maximum Gasteiger partial charge on any atom is 0.549 e. The maximum atomic E-state index is 9.57. The Kier molecular flexibility index (Phi) is 4.91. The molecule has 0 unspecified atom stereocenters. The SMILES string of the molecule is [CH2]OCCCOC([O])=O. The van der Waals surface area contributed by atoms with Gasteiger partial charge in [0.1, 0.15) is 0 Å². The van der Waals surface area contributed by atoms with Gasteiger partial charge >= 0.3 is 6.16 Å². The molecule has 0 saturated heterocycles. The molecule has 0 fully saturated rings. The fraction of sp³-hybridized carbons (Fsp3) is 0.600. The first kappa shape index (κ1) is 8.23. The average molecular weight is 132 g/mol. The summed E-state index contributed by atoms with van der Waals surface area (Å²) in [7, 11) is 3.08. The van der Waals surface area contributed by atoms with E-state index in [4.69, 9.17) is 0 Å². The Bertz CT molecular complexity index is 81.0. The van der Waals surface area contributed by atoms with Crippen LogP contribution in [0.4, 0.5) is 4.79 Å². The van der Waals surface area contributed by atoms with Crippen molar-refractivity contribution in [2.24, 2.45) is 0 Å². The van der Waals surface area contributed by atoms with Gasteiger partial charge in [-0.05, 0) is 0 Å². The van der Waals surface area contributed by atoms with Crippen molar-refractivity contribution in [3.8, 4) is 0 Å². The molecule has 0 atom stereocenters. The van der Waals surface area contributed by atoms with Crippen LogP contribution in [0.15, 0.2) is 0 Å². The molecule has 0 saturated carbocycles. The summed E-state index contributed by atoms with van der Waals surface area (Å²) in [5, 5.41) is 9.57. The van der Waals surface area contributed by atoms with Crippen LogP contribution in [0.1, 0.15) is 6.42 Å². The Morgan fingerprint density at radius 1 is 1.44 bits per heavy atom. The first-order valence-electron chi connectivity index (χ1n) is 2.48. The topological polar surface area (TPSA) is 55.4 Å². The molecule has 52 valence electrons. The number of hydrogen-bond donors (Lipinski definition) is 0. The van der Waals surface area contributed by atoms with E-state index in [9.17, 15) is 9.90 Å². The molecule has 0 heterocycles. The third-order valence-corrected chi connectivity index (χ3v) is 0.653. The van der Waals surface area contributed by atoms with Gasteiger partial charge in [-0.1, -0.05) is 0 Å². The van der Waals surface area contributed by atoms with Gasteiger partial charge in [0.05, 0.1) is 13.7 Å². The van der Waals surface area contributed by atoms with Crippen molar-refractivity contribution in [3.05, 3.63) is 7.11 Å². The predicted octanol–water partition coefficient (Wildman–Crippen LogP) is 0.752. The highest BCUT2D eigenvalue weighted by Crippen LogP contribution is 1.83. The van der Waals surface area contributed by atoms with E-state index < -0.39 is 6.16 Å². The van der Waals surface area contributed by atoms with E-state index in [1.807, 2.05) is 0 Å². The van der Waals surface area contributed by atoms with E-state index in [1.165, 1.54) is 0 Å². The molecule has 0 aromatic carbocycles. The summed E-state index contributed by atoms with van der Waals surface area (Å²) in [6, 6.07) is 0. The lowest BCUT2D eigenvalue weighted by molar-refractivity contribution is 0.0619. The third kappa shape index (κ3) is 7.23. The van der Waals surface area contributed by atoms with Crippen molar-refractivity contribution >= 4 is 6.16 Å². The number of carbonyl (C=O) groups is 1. The minimum atomic E-state index is -1.50. The lowest BCUT2D eigenvalue weighted by atomic mass is 10.5. The molecular formula is C5H8O4. The number of ether oxygens (including phenoxy) is 2. The molecule has 0 aliphatic rings. The molecule has 9 heavy (non-hydrogen) atoms. The predicted molar refractivity (Wildman–Crippen MR) is 28.0 cm³/mol. The Hall–Kier alpha value is -0.770. The molecule has 4 nitrogen and oxygen atoms in total. The van der Waals surface area contributed by atoms with E-state index in [1.54, 1.807) is 0 Å². The molecule has 0 rings (SSSR count). The van der Waals surface area contributed by atoms with Gasteiger partial charge in [0.15, 0.2) is 0 Å². The molecule has 0 amide bonds. The summed E-state index contributed by atoms with van der Waals surface area (Å²) in [6.07, 6.45) is -0.989. The van der Waals surface area contributed by atoms with Crippen LogP contribution in [0.3, 0.4) is 0 Å². The Morgan fingerprint density at radius 3 is 2.56 bits per heavy atom. The third-order valence-electron chi connectivity index (χ3n) is 0.653. The maximum absolute atomic E-state index is 9.57. The second-order valence-electron chi connectivity index (χ2n) is 1.36. The Morgan fingerprint density at radius 2 is 2.11 bits per heavy atom. The van der Waals surface area contributed by atoms with Crippen molar-refractivity contribution in [1.29, 1.82) is 0 Å². The van der Waals surface area contributed by atoms with Gasteiger partial charge in [-0.15, -0.1) is 0 Å². The van der Waals surface area contributed by atoms with Crippen LogP contribution in [-0.4, -0.2) is 19.4 Å². The smallest absolute Gasteiger partial charge is 0.432 e. The molecule has 0 aromatic heterocycles. The van der Waals surface area contributed by atoms with Gasteiger partial charge < -0.3 is 9.47 Å². The van der Waals surface area contributed by atoms with Crippen molar-refractivity contribution < 1.29 is 19.4 Å². The van der Waals surface area contributed by atoms with Gasteiger partial charge in [-0.25, -0.2) is 0 Å². The zero-order valence-electron chi connectivity index (χ0n) is 4.96. The van der Waals surface area contributed by atoms with E-state index in [2.05, 4.69) is 16.6 Å². The highest BCUT2D eigenvalue weighted by atomic mass is 16.7. The lowest BCUT2D eigenvalue weighted by Gasteiger charge is -1.95. The molecular weight excluding hydrogens is 124 g/mol. The average Bonchev–Trinajstić information content (AvgIpc) is 1.80. The summed E-state index contributed by atoms with van der Waals surface area (Å²) in [5.74, 6) is 0. The quantitative estimate of drug-likeness (QED) is 0.419. The number of rotatable bonds is 4. The van der Waals surface area contributed by atoms with Crippen LogP contribution in [-0.2, 0) is 14.6 Å². The summed E-state index contributed by atoms with van der Waals surface area (Å²) in [4.78, 5) is 9.57. The molecule has 0 spiro atoms. The van der Waals surface area contributed by atoms with Gasteiger partial charge in [-0.3, -0.25) is 0 Å². The summed E-state index contributed by atoms with van der Waals surface area (Å²) >= 11 is 0. The van der Waals surface area contributed by atoms with Crippen LogP contribution >= 0.6 is 0 Å². The van der Waals surface area contributed by atoms with E-state index in [0.29, 0.717) is 13.0 Å². The van der Waals surface area contributed by atoms with Crippen LogP contribution in [0.2, 0.25) is 0 Å². The summed E-state index contributed by atoms with van der Waals surface area (Å²) in [6.45, 7) is 0.505. The van der Waals surface area contributed by atoms with Gasteiger partial charge in [0, 0.05) is 13.0 Å². The van der Waals surface area contributed by atoms with Gasteiger partial charge in [-0.2, -0.15) is 9.90 Å². The second kappa shape index (κ2) is 5.37. The lowest BCUT2D eigenvalue weighted by Crippen LogP contribution is -2.02. The van der Waals surface area contributed by atoms with Gasteiger partial charge in [0.2, 0.25) is 0 Å². The molecule has 0 N–H and O–H groups in total. The monoisotopic (exact) mass is 132 g/mol. The molecule has 0 bridgehead atoms. The second-order valence-corrected chi connectivity index (χ2v) is 1.36. The fourth-order valence-electron chi connectivity index (χ4n) is 0.316. The summed E-state index contributed by atoms with van der Waals surface area (Å²) in [5.41, 5.74) is 0. The highest BCUT2D eigenvalue weighted by molar-refractivity contribution is 5.56. The van der Waals surface area contributed by atoms with E-state index >= 15 is 0 Å². The molecule has 0 aromatic rings. The van der Waals surface area contributed by atoms with Gasteiger partial charge in [0.25, 0.3) is 0 Å². The molecule has 4 heteroatoms. The molecule has 0 aliphatic heterocycles. The summed E-state index contributed by atoms with van der Waals surface area (Å²) < 4.78 is 8.42. The van der Waals surface area contributed by atoms with Crippen LogP contribution in [0, 0.1) is 7.11 Å².